The van der Waals surface area contributed by atoms with Crippen LogP contribution in [0.3, 0.4) is 0 Å². The summed E-state index contributed by atoms with van der Waals surface area (Å²) >= 11 is 6.05. The van der Waals surface area contributed by atoms with E-state index in [1.54, 1.807) is 35.9 Å². The molecule has 0 atom stereocenters. The molecule has 5 aromatic rings. The fourth-order valence-corrected chi connectivity index (χ4v) is 3.79. The van der Waals surface area contributed by atoms with Gasteiger partial charge in [0.25, 0.3) is 5.56 Å². The van der Waals surface area contributed by atoms with Gasteiger partial charge in [-0.3, -0.25) is 9.36 Å². The van der Waals surface area contributed by atoms with Crippen molar-refractivity contribution in [2.24, 2.45) is 7.05 Å². The van der Waals surface area contributed by atoms with E-state index in [4.69, 9.17) is 17.3 Å². The number of rotatable bonds is 2. The molecule has 0 radical (unpaired) electrons. The highest BCUT2D eigenvalue weighted by Gasteiger charge is 2.19. The summed E-state index contributed by atoms with van der Waals surface area (Å²) in [5.74, 6) is 0. The van der Waals surface area contributed by atoms with Gasteiger partial charge in [-0.15, -0.1) is 0 Å². The third-order valence-corrected chi connectivity index (χ3v) is 5.31. The number of anilines is 1. The Bertz CT molecular complexity index is 1500. The molecule has 0 unspecified atom stereocenters. The van der Waals surface area contributed by atoms with Gasteiger partial charge in [0.15, 0.2) is 0 Å². The van der Waals surface area contributed by atoms with Gasteiger partial charge in [-0.1, -0.05) is 17.7 Å². The van der Waals surface area contributed by atoms with E-state index in [1.807, 2.05) is 37.3 Å². The van der Waals surface area contributed by atoms with Crippen LogP contribution in [0.25, 0.3) is 38.9 Å². The minimum absolute atomic E-state index is 0.260. The number of pyridine rings is 2. The zero-order valence-electron chi connectivity index (χ0n) is 16.3. The summed E-state index contributed by atoms with van der Waals surface area (Å²) < 4.78 is 1.57. The van der Waals surface area contributed by atoms with Crippen LogP contribution in [-0.2, 0) is 7.05 Å². The van der Waals surface area contributed by atoms with E-state index >= 15 is 0 Å². The maximum absolute atomic E-state index is 13.7. The molecule has 0 bridgehead atoms. The van der Waals surface area contributed by atoms with E-state index in [-0.39, 0.29) is 5.56 Å². The topological polar surface area (TPSA) is 91.6 Å². The standard InChI is InChI=1S/C22H17ClN6O/c1-12-3-9-16-20(24)19(13-4-10-17-18(11-13)27-28(2)26-17)22(30)29(21(16)25-12)15-7-5-14(23)6-8-15/h3-11H,24H2,1-2H3. The largest absolute Gasteiger partial charge is 0.397 e. The second-order valence-corrected chi connectivity index (χ2v) is 7.56. The van der Waals surface area contributed by atoms with Crippen LogP contribution < -0.4 is 11.3 Å². The number of hydrogen-bond donors (Lipinski definition) is 1. The van der Waals surface area contributed by atoms with Crippen molar-refractivity contribution in [1.29, 1.82) is 0 Å². The van der Waals surface area contributed by atoms with E-state index in [1.165, 1.54) is 4.80 Å². The van der Waals surface area contributed by atoms with Crippen LogP contribution in [-0.4, -0.2) is 24.5 Å². The fourth-order valence-electron chi connectivity index (χ4n) is 3.67. The van der Waals surface area contributed by atoms with Gasteiger partial charge >= 0.3 is 0 Å². The molecule has 0 aliphatic carbocycles. The van der Waals surface area contributed by atoms with E-state index < -0.39 is 0 Å². The van der Waals surface area contributed by atoms with Gasteiger partial charge in [-0.2, -0.15) is 15.0 Å². The average Bonchev–Trinajstić information content (AvgIpc) is 3.08. The van der Waals surface area contributed by atoms with Crippen LogP contribution >= 0.6 is 11.6 Å². The minimum atomic E-state index is -0.260. The Balaban J connectivity index is 1.89. The molecule has 148 valence electrons. The lowest BCUT2D eigenvalue weighted by Crippen LogP contribution is -2.23. The summed E-state index contributed by atoms with van der Waals surface area (Å²) in [5.41, 5.74) is 11.1. The third kappa shape index (κ3) is 2.83. The first kappa shape index (κ1) is 18.3. The first-order valence-electron chi connectivity index (χ1n) is 9.31. The van der Waals surface area contributed by atoms with Crippen LogP contribution in [0.1, 0.15) is 5.69 Å². The zero-order chi connectivity index (χ0) is 21.0. The Labute approximate surface area is 176 Å². The van der Waals surface area contributed by atoms with Crippen molar-refractivity contribution in [3.63, 3.8) is 0 Å². The normalized spacial score (nSPS) is 11.4. The summed E-state index contributed by atoms with van der Waals surface area (Å²) in [7, 11) is 1.76. The summed E-state index contributed by atoms with van der Waals surface area (Å²) in [6.07, 6.45) is 0. The molecule has 0 aliphatic rings. The van der Waals surface area contributed by atoms with Gasteiger partial charge < -0.3 is 5.73 Å². The predicted octanol–water partition coefficient (Wildman–Crippen LogP) is 3.88. The highest BCUT2D eigenvalue weighted by Crippen LogP contribution is 2.31. The lowest BCUT2D eigenvalue weighted by atomic mass is 10.0. The van der Waals surface area contributed by atoms with Gasteiger partial charge in [0.1, 0.15) is 16.7 Å². The molecule has 0 saturated carbocycles. The Hall–Kier alpha value is -3.71. The number of fused-ring (bicyclic) bond motifs is 2. The van der Waals surface area contributed by atoms with Gasteiger partial charge in [-0.05, 0) is 61.0 Å². The first-order valence-corrected chi connectivity index (χ1v) is 9.69. The molecular weight excluding hydrogens is 400 g/mol. The van der Waals surface area contributed by atoms with Crippen molar-refractivity contribution >= 4 is 39.4 Å². The number of aromatic nitrogens is 5. The molecule has 3 heterocycles. The lowest BCUT2D eigenvalue weighted by molar-refractivity contribution is 0.665. The third-order valence-electron chi connectivity index (χ3n) is 5.06. The summed E-state index contributed by atoms with van der Waals surface area (Å²) in [6, 6.07) is 16.3. The van der Waals surface area contributed by atoms with Gasteiger partial charge in [0.2, 0.25) is 0 Å². The summed E-state index contributed by atoms with van der Waals surface area (Å²) in [6.45, 7) is 1.88. The molecule has 8 heteroatoms. The van der Waals surface area contributed by atoms with Gasteiger partial charge in [0.05, 0.1) is 16.9 Å². The van der Waals surface area contributed by atoms with Crippen molar-refractivity contribution < 1.29 is 0 Å². The number of nitrogen functional groups attached to an aromatic ring is 1. The molecule has 7 nitrogen and oxygen atoms in total. The number of hydrogen-bond acceptors (Lipinski definition) is 5. The second-order valence-electron chi connectivity index (χ2n) is 7.12. The summed E-state index contributed by atoms with van der Waals surface area (Å²) in [4.78, 5) is 19.8. The quantitative estimate of drug-likeness (QED) is 0.471. The van der Waals surface area contributed by atoms with E-state index in [0.717, 1.165) is 11.2 Å². The van der Waals surface area contributed by atoms with E-state index in [9.17, 15) is 4.79 Å². The fraction of sp³-hybridized carbons (Fsp3) is 0.0909. The highest BCUT2D eigenvalue weighted by molar-refractivity contribution is 6.30. The molecule has 0 aliphatic heterocycles. The van der Waals surface area contributed by atoms with Crippen LogP contribution in [0.4, 0.5) is 5.69 Å². The van der Waals surface area contributed by atoms with Crippen molar-refractivity contribution in [2.45, 2.75) is 6.92 Å². The monoisotopic (exact) mass is 416 g/mol. The Kier molecular flexibility index (Phi) is 4.08. The maximum atomic E-state index is 13.7. The van der Waals surface area contributed by atoms with Crippen molar-refractivity contribution in [2.75, 3.05) is 5.73 Å². The SMILES string of the molecule is Cc1ccc2c(N)c(-c3ccc4nn(C)nc4c3)c(=O)n(-c3ccc(Cl)cc3)c2n1. The number of aryl methyl sites for hydroxylation is 2. The second kappa shape index (κ2) is 6.67. The lowest BCUT2D eigenvalue weighted by Gasteiger charge is -2.16. The van der Waals surface area contributed by atoms with Crippen molar-refractivity contribution in [3.05, 3.63) is 75.7 Å². The smallest absolute Gasteiger partial charge is 0.266 e. The molecule has 0 fully saturated rings. The number of benzene rings is 2. The number of halogens is 1. The Morgan fingerprint density at radius 1 is 0.967 bits per heavy atom. The van der Waals surface area contributed by atoms with Crippen molar-refractivity contribution in [1.82, 2.24) is 24.5 Å². The molecule has 5 rings (SSSR count). The molecule has 0 saturated heterocycles. The number of nitrogens with zero attached hydrogens (tertiary/aromatic N) is 5. The van der Waals surface area contributed by atoms with Crippen LogP contribution in [0, 0.1) is 6.92 Å². The molecular formula is C22H17ClN6O. The summed E-state index contributed by atoms with van der Waals surface area (Å²) in [5, 5.41) is 9.93. The molecule has 0 amide bonds. The van der Waals surface area contributed by atoms with Gasteiger partial charge in [0, 0.05) is 23.2 Å². The Morgan fingerprint density at radius 2 is 1.70 bits per heavy atom. The van der Waals surface area contributed by atoms with E-state index in [2.05, 4.69) is 15.2 Å². The number of nitrogens with two attached hydrogens (primary N) is 1. The molecule has 3 aromatic heterocycles. The maximum Gasteiger partial charge on any atom is 0.266 e. The van der Waals surface area contributed by atoms with Crippen LogP contribution in [0.15, 0.2) is 59.4 Å². The van der Waals surface area contributed by atoms with Gasteiger partial charge in [-0.25, -0.2) is 4.98 Å². The highest BCUT2D eigenvalue weighted by atomic mass is 35.5. The molecule has 2 N–H and O–H groups in total. The predicted molar refractivity (Wildman–Crippen MR) is 119 cm³/mol. The average molecular weight is 417 g/mol. The van der Waals surface area contributed by atoms with E-state index in [0.29, 0.717) is 44.1 Å². The van der Waals surface area contributed by atoms with Crippen LogP contribution in [0.5, 0.6) is 0 Å². The molecule has 30 heavy (non-hydrogen) atoms. The van der Waals surface area contributed by atoms with Crippen molar-refractivity contribution in [3.8, 4) is 16.8 Å². The first-order chi connectivity index (χ1) is 14.4. The molecule has 2 aromatic carbocycles. The minimum Gasteiger partial charge on any atom is -0.397 e. The molecule has 0 spiro atoms. The van der Waals surface area contributed by atoms with Crippen LogP contribution in [0.2, 0.25) is 5.02 Å². The zero-order valence-corrected chi connectivity index (χ0v) is 17.1. The Morgan fingerprint density at radius 3 is 2.47 bits per heavy atom.